The van der Waals surface area contributed by atoms with Gasteiger partial charge in [-0.25, -0.2) is 19.0 Å². The highest BCUT2D eigenvalue weighted by atomic mass is 19.3. The van der Waals surface area contributed by atoms with E-state index in [1.54, 1.807) is 33.9 Å². The van der Waals surface area contributed by atoms with Crippen molar-refractivity contribution in [2.45, 2.75) is 137 Å². The van der Waals surface area contributed by atoms with Gasteiger partial charge >= 0.3 is 12.1 Å². The number of benzene rings is 2. The number of carboxylic acid groups (broad SMARTS) is 1. The molecule has 6 rings (SSSR count). The summed E-state index contributed by atoms with van der Waals surface area (Å²) in [6.07, 6.45) is 1.85. The number of ether oxygens (including phenoxy) is 2. The lowest BCUT2D eigenvalue weighted by atomic mass is 9.79. The molecule has 0 spiro atoms. The fourth-order valence-corrected chi connectivity index (χ4v) is 9.65. The van der Waals surface area contributed by atoms with Gasteiger partial charge in [0.15, 0.2) is 0 Å². The van der Waals surface area contributed by atoms with E-state index in [1.165, 1.54) is 30.0 Å². The molecule has 16 heteroatoms. The molecule has 3 saturated heterocycles. The minimum absolute atomic E-state index is 0.0874. The first kappa shape index (κ1) is 52.2. The molecule has 0 unspecified atom stereocenters. The zero-order chi connectivity index (χ0) is 49.5. The number of amides is 2. The lowest BCUT2D eigenvalue weighted by Crippen LogP contribution is -2.60. The molecule has 1 aromatic heterocycles. The van der Waals surface area contributed by atoms with Gasteiger partial charge in [-0.05, 0) is 137 Å². The SMILES string of the molecule is CCNc1ccc(-c2cc(C[C@H](NC(=O)OC(C)(C)C)C(=O)N3CCC[C@@H](C(=O)O)N3)cc(C(F)F)c2)cc1/C(CC(C)(C)CO)=C(\CC)c1cc(N2CCN3CCC[C@@H]3C2)cnc1[C@H](C)OC. The molecule has 0 bridgehead atoms. The molecule has 0 radical (unpaired) electrons. The van der Waals surface area contributed by atoms with Crippen LogP contribution in [0, 0.1) is 5.41 Å². The maximum Gasteiger partial charge on any atom is 0.408 e. The minimum atomic E-state index is -2.87. The molecule has 372 valence electrons. The number of aliphatic hydroxyl groups is 1. The van der Waals surface area contributed by atoms with Crippen molar-refractivity contribution in [1.29, 1.82) is 0 Å². The van der Waals surface area contributed by atoms with Crippen LogP contribution in [0.1, 0.15) is 134 Å². The number of nitrogens with zero attached hydrogens (tertiary/aromatic N) is 4. The average molecular weight is 946 g/mol. The van der Waals surface area contributed by atoms with Crippen LogP contribution in [-0.4, -0.2) is 120 Å². The summed E-state index contributed by atoms with van der Waals surface area (Å²) in [6.45, 7) is 19.9. The summed E-state index contributed by atoms with van der Waals surface area (Å²) in [6, 6.07) is 10.8. The molecule has 4 atom stereocenters. The molecule has 2 amide bonds. The second kappa shape index (κ2) is 22.5. The first-order chi connectivity index (χ1) is 32.2. The Bertz CT molecular complexity index is 2300. The summed E-state index contributed by atoms with van der Waals surface area (Å²) in [5.74, 6) is -1.75. The number of halogens is 2. The van der Waals surface area contributed by atoms with Crippen molar-refractivity contribution in [3.05, 3.63) is 76.6 Å². The normalized spacial score (nSPS) is 19.3. The van der Waals surface area contributed by atoms with E-state index in [2.05, 4.69) is 38.8 Å². The number of aliphatic hydroxyl groups excluding tert-OH is 1. The lowest BCUT2D eigenvalue weighted by molar-refractivity contribution is -0.147. The summed E-state index contributed by atoms with van der Waals surface area (Å²) in [5.41, 5.74) is 8.94. The molecule has 2 aromatic carbocycles. The maximum atomic E-state index is 14.9. The quantitative estimate of drug-likeness (QED) is 0.0823. The highest BCUT2D eigenvalue weighted by Crippen LogP contribution is 2.44. The number of rotatable bonds is 18. The number of alkyl carbamates (subject to hydrolysis) is 1. The van der Waals surface area contributed by atoms with E-state index in [0.29, 0.717) is 55.0 Å². The van der Waals surface area contributed by atoms with E-state index in [9.17, 15) is 33.4 Å². The number of carboxylic acids is 1. The van der Waals surface area contributed by atoms with Gasteiger partial charge in [-0.1, -0.05) is 39.0 Å². The molecular weight excluding hydrogens is 873 g/mol. The van der Waals surface area contributed by atoms with Crippen LogP contribution in [0.2, 0.25) is 0 Å². The molecule has 3 aliphatic rings. The Morgan fingerprint density at radius 1 is 0.941 bits per heavy atom. The molecule has 3 fully saturated rings. The van der Waals surface area contributed by atoms with Crippen molar-refractivity contribution in [3.63, 3.8) is 0 Å². The van der Waals surface area contributed by atoms with Gasteiger partial charge in [0.1, 0.15) is 17.7 Å². The van der Waals surface area contributed by atoms with E-state index in [4.69, 9.17) is 14.5 Å². The van der Waals surface area contributed by atoms with Crippen LogP contribution in [0.25, 0.3) is 22.3 Å². The molecule has 3 aromatic rings. The number of pyridine rings is 1. The Hall–Kier alpha value is -5.16. The largest absolute Gasteiger partial charge is 0.480 e. The van der Waals surface area contributed by atoms with Gasteiger partial charge in [-0.3, -0.25) is 24.5 Å². The summed E-state index contributed by atoms with van der Waals surface area (Å²) < 4.78 is 41.3. The van der Waals surface area contributed by atoms with Gasteiger partial charge in [0.25, 0.3) is 12.3 Å². The van der Waals surface area contributed by atoms with Crippen LogP contribution in [0.5, 0.6) is 0 Å². The highest BCUT2D eigenvalue weighted by Gasteiger charge is 2.35. The maximum absolute atomic E-state index is 14.9. The number of methoxy groups -OCH3 is 1. The summed E-state index contributed by atoms with van der Waals surface area (Å²) in [7, 11) is 1.67. The van der Waals surface area contributed by atoms with E-state index in [-0.39, 0.29) is 31.2 Å². The topological polar surface area (TPSA) is 169 Å². The van der Waals surface area contributed by atoms with Gasteiger partial charge in [-0.15, -0.1) is 0 Å². The van der Waals surface area contributed by atoms with E-state index < -0.39 is 47.5 Å². The van der Waals surface area contributed by atoms with Gasteiger partial charge < -0.3 is 35.2 Å². The first-order valence-electron chi connectivity index (χ1n) is 24.2. The predicted molar refractivity (Wildman–Crippen MR) is 262 cm³/mol. The number of aromatic nitrogens is 1. The van der Waals surface area contributed by atoms with Crippen molar-refractivity contribution in [3.8, 4) is 11.1 Å². The van der Waals surface area contributed by atoms with Crippen LogP contribution in [0.3, 0.4) is 0 Å². The third-order valence-electron chi connectivity index (χ3n) is 13.2. The second-order valence-corrected chi connectivity index (χ2v) is 20.2. The molecule has 5 N–H and O–H groups in total. The number of hydrazine groups is 1. The number of carbonyl (C=O) groups is 3. The van der Waals surface area contributed by atoms with Crippen LogP contribution in [-0.2, 0) is 25.5 Å². The molecule has 0 saturated carbocycles. The second-order valence-electron chi connectivity index (χ2n) is 20.2. The fraction of sp³-hybridized carbons (Fsp3) is 0.577. The van der Waals surface area contributed by atoms with Gasteiger partial charge in [0.05, 0.1) is 23.7 Å². The fourth-order valence-electron chi connectivity index (χ4n) is 9.65. The molecule has 4 heterocycles. The zero-order valence-electron chi connectivity index (χ0n) is 41.4. The van der Waals surface area contributed by atoms with Gasteiger partial charge in [-0.2, -0.15) is 0 Å². The summed E-state index contributed by atoms with van der Waals surface area (Å²) >= 11 is 0. The van der Waals surface area contributed by atoms with Crippen molar-refractivity contribution in [2.24, 2.45) is 5.41 Å². The number of hydrogen-bond acceptors (Lipinski definition) is 11. The van der Waals surface area contributed by atoms with E-state index in [0.717, 1.165) is 65.5 Å². The van der Waals surface area contributed by atoms with Gasteiger partial charge in [0, 0.05) is 81.3 Å². The number of allylic oxidation sites excluding steroid dienone is 2. The first-order valence-corrected chi connectivity index (χ1v) is 24.2. The van der Waals surface area contributed by atoms with Crippen molar-refractivity contribution >= 4 is 40.5 Å². The Morgan fingerprint density at radius 3 is 2.35 bits per heavy atom. The van der Waals surface area contributed by atoms with Crippen LogP contribution in [0.15, 0.2) is 48.7 Å². The molecule has 0 aliphatic carbocycles. The van der Waals surface area contributed by atoms with Crippen LogP contribution in [0.4, 0.5) is 25.0 Å². The minimum Gasteiger partial charge on any atom is -0.480 e. The number of carbonyl (C=O) groups excluding carboxylic acids is 2. The number of alkyl halides is 2. The number of nitrogens with one attached hydrogen (secondary N) is 3. The Labute approximate surface area is 400 Å². The van der Waals surface area contributed by atoms with Crippen molar-refractivity contribution in [1.82, 2.24) is 25.6 Å². The average Bonchev–Trinajstić information content (AvgIpc) is 3.78. The molecule has 14 nitrogen and oxygen atoms in total. The number of fused-ring (bicyclic) bond motifs is 1. The lowest BCUT2D eigenvalue weighted by Gasteiger charge is -2.39. The molecule has 68 heavy (non-hydrogen) atoms. The number of piperazine rings is 1. The Balaban J connectivity index is 1.49. The van der Waals surface area contributed by atoms with Crippen LogP contribution < -0.4 is 21.0 Å². The third-order valence-corrected chi connectivity index (χ3v) is 13.2. The highest BCUT2D eigenvalue weighted by molar-refractivity contribution is 5.97. The monoisotopic (exact) mass is 946 g/mol. The van der Waals surface area contributed by atoms with Gasteiger partial charge in [0.2, 0.25) is 0 Å². The van der Waals surface area contributed by atoms with Crippen LogP contribution >= 0.6 is 0 Å². The standard InChI is InChI=1S/C52H73F2N7O7/c1-10-39(41-27-38(29-56-46(41)32(3)67-9)60-21-20-59-18-12-14-37(59)30-60)42(28-52(7,8)31-62)40-26-34(16-17-43(40)55-11-2)35-22-33(23-36(25-35)47(53)54)24-45(57-50(66)68-51(4,5)6)48(63)61-19-13-15-44(58-61)49(64)65/h16-17,22-23,25-27,29,32,37,44-45,47,55,58,62H,10-15,18-21,24,28,30-31H2,1-9H3,(H,57,66)(H,64,65)/b42-39+/t32-,37+,44-,45-/m0/s1. The number of anilines is 2. The third kappa shape index (κ3) is 12.9. The summed E-state index contributed by atoms with van der Waals surface area (Å²) in [5, 5.41) is 27.9. The Morgan fingerprint density at radius 2 is 1.69 bits per heavy atom. The van der Waals surface area contributed by atoms with E-state index >= 15 is 0 Å². The smallest absolute Gasteiger partial charge is 0.408 e. The number of aliphatic carboxylic acids is 1. The summed E-state index contributed by atoms with van der Waals surface area (Å²) in [4.78, 5) is 49.4. The molecular formula is C52H73F2N7O7. The predicted octanol–water partition coefficient (Wildman–Crippen LogP) is 8.86. The zero-order valence-corrected chi connectivity index (χ0v) is 41.4. The van der Waals surface area contributed by atoms with Crippen molar-refractivity contribution in [2.75, 3.05) is 63.2 Å². The molecule has 3 aliphatic heterocycles. The number of hydrogen-bond donors (Lipinski definition) is 5. The van der Waals surface area contributed by atoms with E-state index in [1.807, 2.05) is 52.1 Å². The van der Waals surface area contributed by atoms with Crippen molar-refractivity contribution < 1.29 is 42.9 Å². The Kier molecular flexibility index (Phi) is 17.3.